The van der Waals surface area contributed by atoms with Gasteiger partial charge in [0.15, 0.2) is 0 Å². The van der Waals surface area contributed by atoms with Gasteiger partial charge in [-0.3, -0.25) is 4.68 Å². The maximum atomic E-state index is 4.09. The second-order valence-corrected chi connectivity index (χ2v) is 3.58. The van der Waals surface area contributed by atoms with Crippen LogP contribution >= 0.6 is 12.4 Å². The van der Waals surface area contributed by atoms with E-state index in [0.717, 1.165) is 18.2 Å². The van der Waals surface area contributed by atoms with Gasteiger partial charge < -0.3 is 5.32 Å². The lowest BCUT2D eigenvalue weighted by Crippen LogP contribution is -2.20. The van der Waals surface area contributed by atoms with Gasteiger partial charge in [0.05, 0.1) is 11.9 Å². The molecule has 2 rings (SSSR count). The van der Waals surface area contributed by atoms with Crippen LogP contribution in [0.25, 0.3) is 0 Å². The minimum Gasteiger partial charge on any atom is -0.382 e. The highest BCUT2D eigenvalue weighted by molar-refractivity contribution is 5.85. The number of halogens is 1. The molecular formula is C9H16ClN3. The molecule has 0 aliphatic heterocycles. The largest absolute Gasteiger partial charge is 0.382 e. The molecule has 1 heterocycles. The van der Waals surface area contributed by atoms with E-state index in [1.807, 2.05) is 24.1 Å². The second-order valence-electron chi connectivity index (χ2n) is 3.58. The van der Waals surface area contributed by atoms with Crippen molar-refractivity contribution in [1.29, 1.82) is 0 Å². The molecule has 1 aromatic heterocycles. The molecule has 0 amide bonds. The number of nitrogens with zero attached hydrogens (tertiary/aromatic N) is 2. The van der Waals surface area contributed by atoms with E-state index in [4.69, 9.17) is 0 Å². The summed E-state index contributed by atoms with van der Waals surface area (Å²) >= 11 is 0. The summed E-state index contributed by atoms with van der Waals surface area (Å²) in [5.41, 5.74) is 1.14. The first kappa shape index (κ1) is 10.4. The van der Waals surface area contributed by atoms with Gasteiger partial charge in [0.2, 0.25) is 0 Å². The van der Waals surface area contributed by atoms with E-state index >= 15 is 0 Å². The summed E-state index contributed by atoms with van der Waals surface area (Å²) in [5.74, 6) is 0.908. The van der Waals surface area contributed by atoms with Crippen LogP contribution in [-0.2, 0) is 7.05 Å². The number of aryl methyl sites for hydroxylation is 1. The van der Waals surface area contributed by atoms with Crippen molar-refractivity contribution in [3.8, 4) is 0 Å². The molecule has 0 unspecified atom stereocenters. The first-order valence-corrected chi connectivity index (χ1v) is 4.57. The van der Waals surface area contributed by atoms with Gasteiger partial charge in [0, 0.05) is 19.8 Å². The molecule has 1 N–H and O–H groups in total. The number of aromatic nitrogens is 2. The molecule has 1 saturated carbocycles. The van der Waals surface area contributed by atoms with E-state index in [-0.39, 0.29) is 12.4 Å². The molecule has 0 atom stereocenters. The summed E-state index contributed by atoms with van der Waals surface area (Å²) in [7, 11) is 1.94. The molecular weight excluding hydrogens is 186 g/mol. The highest BCUT2D eigenvalue weighted by atomic mass is 35.5. The predicted octanol–water partition coefficient (Wildman–Crippen LogP) is 2.05. The fourth-order valence-electron chi connectivity index (χ4n) is 1.47. The molecule has 3 nitrogen and oxygen atoms in total. The van der Waals surface area contributed by atoms with Crippen molar-refractivity contribution in [2.24, 2.45) is 13.0 Å². The Morgan fingerprint density at radius 2 is 2.38 bits per heavy atom. The van der Waals surface area contributed by atoms with Crippen LogP contribution in [0, 0.1) is 5.92 Å². The maximum Gasteiger partial charge on any atom is 0.0726 e. The molecule has 0 aromatic carbocycles. The minimum atomic E-state index is 0. The molecule has 0 radical (unpaired) electrons. The fraction of sp³-hybridized carbons (Fsp3) is 0.667. The average molecular weight is 202 g/mol. The Balaban J connectivity index is 0.000000845. The lowest BCUT2D eigenvalue weighted by Gasteiger charge is -2.25. The van der Waals surface area contributed by atoms with Crippen molar-refractivity contribution >= 4 is 18.1 Å². The summed E-state index contributed by atoms with van der Waals surface area (Å²) in [6, 6.07) is 0. The van der Waals surface area contributed by atoms with Gasteiger partial charge in [0.25, 0.3) is 0 Å². The standard InChI is InChI=1S/C9H15N3.ClH/c1-12-7-9(6-11-12)10-5-8-3-2-4-8;/h6-8,10H,2-5H2,1H3;1H. The van der Waals surface area contributed by atoms with Gasteiger partial charge in [-0.1, -0.05) is 6.42 Å². The SMILES string of the molecule is Cl.Cn1cc(NCC2CCC2)cn1. The van der Waals surface area contributed by atoms with Crippen molar-refractivity contribution in [1.82, 2.24) is 9.78 Å². The summed E-state index contributed by atoms with van der Waals surface area (Å²) < 4.78 is 1.82. The summed E-state index contributed by atoms with van der Waals surface area (Å²) in [6.45, 7) is 1.12. The van der Waals surface area contributed by atoms with Gasteiger partial charge in [0.1, 0.15) is 0 Å². The third-order valence-electron chi connectivity index (χ3n) is 2.52. The fourth-order valence-corrected chi connectivity index (χ4v) is 1.47. The third-order valence-corrected chi connectivity index (χ3v) is 2.52. The van der Waals surface area contributed by atoms with Gasteiger partial charge in [-0.2, -0.15) is 5.10 Å². The van der Waals surface area contributed by atoms with E-state index in [9.17, 15) is 0 Å². The topological polar surface area (TPSA) is 29.9 Å². The summed E-state index contributed by atoms with van der Waals surface area (Å²) in [4.78, 5) is 0. The Labute approximate surface area is 84.9 Å². The Bertz CT molecular complexity index is 255. The van der Waals surface area contributed by atoms with Crippen molar-refractivity contribution in [3.63, 3.8) is 0 Å². The van der Waals surface area contributed by atoms with E-state index in [1.54, 1.807) is 0 Å². The van der Waals surface area contributed by atoms with E-state index in [0.29, 0.717) is 0 Å². The smallest absolute Gasteiger partial charge is 0.0726 e. The predicted molar refractivity (Wildman–Crippen MR) is 56.3 cm³/mol. The zero-order valence-electron chi connectivity index (χ0n) is 7.86. The first-order chi connectivity index (χ1) is 5.84. The lowest BCUT2D eigenvalue weighted by atomic mass is 9.85. The van der Waals surface area contributed by atoms with Gasteiger partial charge in [-0.05, 0) is 18.8 Å². The molecule has 0 spiro atoms. The summed E-state index contributed by atoms with van der Waals surface area (Å²) in [6.07, 6.45) is 8.09. The van der Waals surface area contributed by atoms with Crippen LogP contribution < -0.4 is 5.32 Å². The van der Waals surface area contributed by atoms with Crippen molar-refractivity contribution in [3.05, 3.63) is 12.4 Å². The van der Waals surface area contributed by atoms with Gasteiger partial charge in [-0.15, -0.1) is 12.4 Å². The number of hydrogen-bond donors (Lipinski definition) is 1. The number of hydrogen-bond acceptors (Lipinski definition) is 2. The molecule has 74 valence electrons. The Morgan fingerprint density at radius 1 is 1.62 bits per heavy atom. The van der Waals surface area contributed by atoms with Crippen molar-refractivity contribution in [2.75, 3.05) is 11.9 Å². The first-order valence-electron chi connectivity index (χ1n) is 4.57. The number of nitrogens with one attached hydrogen (secondary N) is 1. The van der Waals surface area contributed by atoms with Crippen LogP contribution in [0.2, 0.25) is 0 Å². The quantitative estimate of drug-likeness (QED) is 0.812. The minimum absolute atomic E-state index is 0. The molecule has 0 bridgehead atoms. The van der Waals surface area contributed by atoms with Gasteiger partial charge in [-0.25, -0.2) is 0 Å². The van der Waals surface area contributed by atoms with Crippen LogP contribution in [0.1, 0.15) is 19.3 Å². The van der Waals surface area contributed by atoms with Crippen LogP contribution in [0.15, 0.2) is 12.4 Å². The van der Waals surface area contributed by atoms with Crippen molar-refractivity contribution in [2.45, 2.75) is 19.3 Å². The van der Waals surface area contributed by atoms with E-state index in [1.165, 1.54) is 19.3 Å². The van der Waals surface area contributed by atoms with Crippen LogP contribution in [0.4, 0.5) is 5.69 Å². The summed E-state index contributed by atoms with van der Waals surface area (Å²) in [5, 5.41) is 7.48. The Morgan fingerprint density at radius 3 is 2.85 bits per heavy atom. The lowest BCUT2D eigenvalue weighted by molar-refractivity contribution is 0.333. The van der Waals surface area contributed by atoms with Crippen molar-refractivity contribution < 1.29 is 0 Å². The molecule has 1 fully saturated rings. The molecule has 1 aromatic rings. The maximum absolute atomic E-state index is 4.09. The van der Waals surface area contributed by atoms with Crippen LogP contribution in [0.3, 0.4) is 0 Å². The molecule has 13 heavy (non-hydrogen) atoms. The number of rotatable bonds is 3. The zero-order valence-corrected chi connectivity index (χ0v) is 8.68. The molecule has 1 aliphatic rings. The van der Waals surface area contributed by atoms with Gasteiger partial charge >= 0.3 is 0 Å². The third kappa shape index (κ3) is 2.62. The highest BCUT2D eigenvalue weighted by Crippen LogP contribution is 2.26. The second kappa shape index (κ2) is 4.51. The normalized spacial score (nSPS) is 16.1. The molecule has 4 heteroatoms. The Hall–Kier alpha value is -0.700. The number of anilines is 1. The average Bonchev–Trinajstić information content (AvgIpc) is 2.32. The Kier molecular flexibility index (Phi) is 3.60. The van der Waals surface area contributed by atoms with E-state index < -0.39 is 0 Å². The molecule has 1 aliphatic carbocycles. The zero-order chi connectivity index (χ0) is 8.39. The van der Waals surface area contributed by atoms with Crippen LogP contribution in [0.5, 0.6) is 0 Å². The monoisotopic (exact) mass is 201 g/mol. The highest BCUT2D eigenvalue weighted by Gasteiger charge is 2.16. The molecule has 0 saturated heterocycles. The van der Waals surface area contributed by atoms with Crippen LogP contribution in [-0.4, -0.2) is 16.3 Å². The van der Waals surface area contributed by atoms with E-state index in [2.05, 4.69) is 10.4 Å².